The molecule has 2 amide bonds. The summed E-state index contributed by atoms with van der Waals surface area (Å²) in [6, 6.07) is 22.2. The Morgan fingerprint density at radius 3 is 2.23 bits per heavy atom. The lowest BCUT2D eigenvalue weighted by atomic mass is 9.99. The van der Waals surface area contributed by atoms with Gasteiger partial charge in [-0.2, -0.15) is 0 Å². The summed E-state index contributed by atoms with van der Waals surface area (Å²) in [6.07, 6.45) is 3.21. The van der Waals surface area contributed by atoms with Crippen LogP contribution in [0.1, 0.15) is 37.3 Å². The highest BCUT2D eigenvalue weighted by molar-refractivity contribution is 5.85. The number of aromatic nitrogens is 1. The number of nitrogens with one attached hydrogen (secondary N) is 3. The monoisotopic (exact) mass is 474 g/mol. The molecule has 0 aliphatic rings. The van der Waals surface area contributed by atoms with Gasteiger partial charge in [0.15, 0.2) is 0 Å². The van der Waals surface area contributed by atoms with Crippen LogP contribution in [-0.4, -0.2) is 41.0 Å². The van der Waals surface area contributed by atoms with E-state index < -0.39 is 17.9 Å². The Bertz CT molecular complexity index is 1090. The van der Waals surface area contributed by atoms with Gasteiger partial charge < -0.3 is 21.1 Å². The molecule has 4 N–H and O–H groups in total. The number of nitrogens with zero attached hydrogens (tertiary/aromatic N) is 1. The van der Waals surface area contributed by atoms with Gasteiger partial charge in [0.05, 0.1) is 19.0 Å². The van der Waals surface area contributed by atoms with Crippen molar-refractivity contribution >= 4 is 23.6 Å². The fourth-order valence-corrected chi connectivity index (χ4v) is 3.57. The number of hydrogen-bond acceptors (Lipinski definition) is 5. The van der Waals surface area contributed by atoms with Crippen molar-refractivity contribution in [2.75, 3.05) is 18.4 Å². The summed E-state index contributed by atoms with van der Waals surface area (Å²) >= 11 is 0. The van der Waals surface area contributed by atoms with Crippen molar-refractivity contribution in [3.8, 4) is 11.1 Å². The minimum atomic E-state index is -1.02. The summed E-state index contributed by atoms with van der Waals surface area (Å²) in [5, 5.41) is 17.8. The average Bonchev–Trinajstić information content (AvgIpc) is 2.88. The normalized spacial score (nSPS) is 11.3. The molecule has 2 aromatic carbocycles. The number of rotatable bonds is 13. The number of benzene rings is 2. The first-order valence-electron chi connectivity index (χ1n) is 11.6. The molecule has 0 fully saturated rings. The van der Waals surface area contributed by atoms with Crippen molar-refractivity contribution in [3.63, 3.8) is 0 Å². The van der Waals surface area contributed by atoms with Crippen molar-refractivity contribution in [2.24, 2.45) is 0 Å². The Balaban J connectivity index is 1.42. The summed E-state index contributed by atoms with van der Waals surface area (Å²) < 4.78 is 0. The molecule has 1 atom stereocenters. The van der Waals surface area contributed by atoms with E-state index in [4.69, 9.17) is 0 Å². The lowest BCUT2D eigenvalue weighted by Gasteiger charge is -2.18. The smallest absolute Gasteiger partial charge is 0.305 e. The van der Waals surface area contributed by atoms with Gasteiger partial charge in [0.1, 0.15) is 5.82 Å². The number of pyridine rings is 1. The summed E-state index contributed by atoms with van der Waals surface area (Å²) in [5.74, 6) is -0.890. The minimum absolute atomic E-state index is 0.205. The van der Waals surface area contributed by atoms with Crippen molar-refractivity contribution < 1.29 is 19.5 Å². The molecular formula is C27H30N4O4. The molecule has 3 aromatic rings. The minimum Gasteiger partial charge on any atom is -0.481 e. The van der Waals surface area contributed by atoms with Crippen LogP contribution in [0.5, 0.6) is 0 Å². The zero-order chi connectivity index (χ0) is 24.9. The van der Waals surface area contributed by atoms with Crippen LogP contribution < -0.4 is 16.0 Å². The van der Waals surface area contributed by atoms with Crippen molar-refractivity contribution in [3.05, 3.63) is 84.6 Å². The van der Waals surface area contributed by atoms with Crippen molar-refractivity contribution in [1.82, 2.24) is 15.6 Å². The first-order chi connectivity index (χ1) is 17.0. The molecule has 8 nitrogen and oxygen atoms in total. The predicted octanol–water partition coefficient (Wildman–Crippen LogP) is 3.78. The van der Waals surface area contributed by atoms with Crippen LogP contribution in [0.15, 0.2) is 79.0 Å². The van der Waals surface area contributed by atoms with Crippen LogP contribution in [0, 0.1) is 0 Å². The van der Waals surface area contributed by atoms with Gasteiger partial charge in [-0.15, -0.1) is 0 Å². The number of anilines is 1. The molecule has 3 rings (SSSR count). The Morgan fingerprint density at radius 2 is 1.54 bits per heavy atom. The maximum Gasteiger partial charge on any atom is 0.305 e. The number of amides is 2. The van der Waals surface area contributed by atoms with Crippen LogP contribution >= 0.6 is 0 Å². The Morgan fingerprint density at radius 1 is 0.829 bits per heavy atom. The van der Waals surface area contributed by atoms with Crippen molar-refractivity contribution in [2.45, 2.75) is 31.7 Å². The highest BCUT2D eigenvalue weighted by atomic mass is 16.4. The molecule has 1 aromatic heterocycles. The molecule has 0 saturated carbocycles. The van der Waals surface area contributed by atoms with Crippen LogP contribution in [0.3, 0.4) is 0 Å². The highest BCUT2D eigenvalue weighted by Crippen LogP contribution is 2.23. The molecule has 0 saturated heterocycles. The first kappa shape index (κ1) is 25.4. The first-order valence-corrected chi connectivity index (χ1v) is 11.6. The predicted molar refractivity (Wildman–Crippen MR) is 135 cm³/mol. The second-order valence-corrected chi connectivity index (χ2v) is 8.08. The Hall–Kier alpha value is -4.20. The van der Waals surface area contributed by atoms with E-state index in [0.29, 0.717) is 24.9 Å². The Labute approximate surface area is 204 Å². The molecule has 8 heteroatoms. The topological polar surface area (TPSA) is 120 Å². The van der Waals surface area contributed by atoms with E-state index in [1.54, 1.807) is 6.20 Å². The second kappa shape index (κ2) is 13.5. The maximum atomic E-state index is 12.4. The SMILES string of the molecule is O=C(O)CC(NC(=O)CNC(=O)CCCCNc1ccccn1)c1ccc(-c2ccccc2)cc1. The van der Waals surface area contributed by atoms with E-state index in [0.717, 1.165) is 23.4 Å². The van der Waals surface area contributed by atoms with Gasteiger partial charge in [-0.1, -0.05) is 60.7 Å². The number of carboxylic acid groups (broad SMARTS) is 1. The lowest BCUT2D eigenvalue weighted by Crippen LogP contribution is -2.39. The van der Waals surface area contributed by atoms with Gasteiger partial charge in [0.25, 0.3) is 0 Å². The van der Waals surface area contributed by atoms with Gasteiger partial charge in [-0.05, 0) is 41.7 Å². The molecule has 1 unspecified atom stereocenters. The van der Waals surface area contributed by atoms with E-state index in [2.05, 4.69) is 20.9 Å². The number of unbranched alkanes of at least 4 members (excludes halogenated alkanes) is 1. The van der Waals surface area contributed by atoms with Gasteiger partial charge >= 0.3 is 5.97 Å². The summed E-state index contributed by atoms with van der Waals surface area (Å²) in [4.78, 5) is 40.0. The number of hydrogen-bond donors (Lipinski definition) is 4. The van der Waals surface area contributed by atoms with Crippen LogP contribution in [0.4, 0.5) is 5.82 Å². The molecule has 182 valence electrons. The molecule has 0 bridgehead atoms. The fourth-order valence-electron chi connectivity index (χ4n) is 3.57. The van der Waals surface area contributed by atoms with E-state index in [1.165, 1.54) is 0 Å². The summed E-state index contributed by atoms with van der Waals surface area (Å²) in [7, 11) is 0. The maximum absolute atomic E-state index is 12.4. The number of carbonyl (C=O) groups is 3. The molecule has 35 heavy (non-hydrogen) atoms. The zero-order valence-electron chi connectivity index (χ0n) is 19.4. The standard InChI is InChI=1S/C27H30N4O4/c32-25(11-5-7-17-29-24-10-4-6-16-28-24)30-19-26(33)31-23(18-27(34)35)22-14-12-21(13-15-22)20-8-2-1-3-9-20/h1-4,6,8-10,12-16,23H,5,7,11,17-19H2,(H,28,29)(H,30,32)(H,31,33)(H,34,35). The fraction of sp³-hybridized carbons (Fsp3) is 0.259. The van der Waals surface area contributed by atoms with Gasteiger partial charge in [0, 0.05) is 19.2 Å². The third kappa shape index (κ3) is 8.92. The zero-order valence-corrected chi connectivity index (χ0v) is 19.4. The molecule has 0 radical (unpaired) electrons. The summed E-state index contributed by atoms with van der Waals surface area (Å²) in [5.41, 5.74) is 2.73. The van der Waals surface area contributed by atoms with E-state index in [-0.39, 0.29) is 18.9 Å². The summed E-state index contributed by atoms with van der Waals surface area (Å²) in [6.45, 7) is 0.494. The van der Waals surface area contributed by atoms with Gasteiger partial charge in [0.2, 0.25) is 11.8 Å². The lowest BCUT2D eigenvalue weighted by molar-refractivity contribution is -0.138. The second-order valence-electron chi connectivity index (χ2n) is 8.08. The number of carbonyl (C=O) groups excluding carboxylic acids is 2. The van der Waals surface area contributed by atoms with Gasteiger partial charge in [-0.25, -0.2) is 4.98 Å². The molecule has 0 aliphatic carbocycles. The Kier molecular flexibility index (Phi) is 9.80. The quantitative estimate of drug-likeness (QED) is 0.280. The van der Waals surface area contributed by atoms with Crippen LogP contribution in [-0.2, 0) is 14.4 Å². The number of carboxylic acids is 1. The number of aliphatic carboxylic acids is 1. The third-order valence-corrected chi connectivity index (χ3v) is 5.38. The van der Waals surface area contributed by atoms with E-state index in [9.17, 15) is 19.5 Å². The molecule has 1 heterocycles. The van der Waals surface area contributed by atoms with Crippen molar-refractivity contribution in [1.29, 1.82) is 0 Å². The third-order valence-electron chi connectivity index (χ3n) is 5.38. The highest BCUT2D eigenvalue weighted by Gasteiger charge is 2.18. The van der Waals surface area contributed by atoms with Crippen LogP contribution in [0.25, 0.3) is 11.1 Å². The van der Waals surface area contributed by atoms with E-state index in [1.807, 2.05) is 72.8 Å². The average molecular weight is 475 g/mol. The van der Waals surface area contributed by atoms with E-state index >= 15 is 0 Å². The van der Waals surface area contributed by atoms with Crippen LogP contribution in [0.2, 0.25) is 0 Å². The molecular weight excluding hydrogens is 444 g/mol. The molecule has 0 spiro atoms. The largest absolute Gasteiger partial charge is 0.481 e. The molecule has 0 aliphatic heterocycles. The van der Waals surface area contributed by atoms with Gasteiger partial charge in [-0.3, -0.25) is 14.4 Å².